The molecule has 0 aliphatic carbocycles. The topological polar surface area (TPSA) is 53.6 Å². The van der Waals surface area contributed by atoms with Gasteiger partial charge in [0.1, 0.15) is 0 Å². The molecule has 2 fully saturated rings. The lowest BCUT2D eigenvalue weighted by atomic mass is 10.0. The van der Waals surface area contributed by atoms with Gasteiger partial charge in [0.25, 0.3) is 0 Å². The summed E-state index contributed by atoms with van der Waals surface area (Å²) in [6.07, 6.45) is 1.44. The third-order valence-electron chi connectivity index (χ3n) is 4.70. The number of halogens is 2. The Morgan fingerprint density at radius 2 is 2.00 bits per heavy atom. The zero-order valence-corrected chi connectivity index (χ0v) is 18.1. The second kappa shape index (κ2) is 13.6. The number of benzene rings is 1. The summed E-state index contributed by atoms with van der Waals surface area (Å²) < 4.78 is 5.44. The summed E-state index contributed by atoms with van der Waals surface area (Å²) in [4.78, 5) is 14.9. The highest BCUT2D eigenvalue weighted by Crippen LogP contribution is 2.11. The summed E-state index contributed by atoms with van der Waals surface area (Å²) in [5, 5.41) is 6.74. The van der Waals surface area contributed by atoms with Crippen molar-refractivity contribution in [1.82, 2.24) is 15.5 Å². The number of amides is 1. The fourth-order valence-corrected chi connectivity index (χ4v) is 4.37. The number of nitrogens with zero attached hydrogens (tertiary/aromatic N) is 1. The summed E-state index contributed by atoms with van der Waals surface area (Å²) in [5.74, 6) is 2.33. The van der Waals surface area contributed by atoms with Crippen LogP contribution in [0.5, 0.6) is 0 Å². The van der Waals surface area contributed by atoms with E-state index in [-0.39, 0.29) is 36.8 Å². The van der Waals surface area contributed by atoms with Crippen molar-refractivity contribution in [2.75, 3.05) is 50.9 Å². The first kappa shape index (κ1) is 24.5. The van der Waals surface area contributed by atoms with Crippen LogP contribution in [0, 0.1) is 0 Å². The van der Waals surface area contributed by atoms with E-state index in [2.05, 4.69) is 39.8 Å². The van der Waals surface area contributed by atoms with Crippen molar-refractivity contribution in [3.63, 3.8) is 0 Å². The zero-order valence-electron chi connectivity index (χ0n) is 15.6. The Balaban J connectivity index is 0.00000182. The fourth-order valence-electron chi connectivity index (χ4n) is 3.42. The highest BCUT2D eigenvalue weighted by Gasteiger charge is 2.22. The van der Waals surface area contributed by atoms with Gasteiger partial charge in [0, 0.05) is 56.2 Å². The summed E-state index contributed by atoms with van der Waals surface area (Å²) in [6.45, 7) is 5.36. The average Bonchev–Trinajstić information content (AvgIpc) is 2.64. The number of hydrogen-bond acceptors (Lipinski definition) is 5. The maximum Gasteiger partial charge on any atom is 0.221 e. The van der Waals surface area contributed by atoms with Crippen molar-refractivity contribution in [1.29, 1.82) is 0 Å². The second-order valence-corrected chi connectivity index (χ2v) is 7.95. The Kier molecular flexibility index (Phi) is 12.4. The van der Waals surface area contributed by atoms with Gasteiger partial charge in [-0.2, -0.15) is 11.8 Å². The monoisotopic (exact) mass is 435 g/mol. The van der Waals surface area contributed by atoms with E-state index in [0.29, 0.717) is 12.5 Å². The molecule has 5 nitrogen and oxygen atoms in total. The molecule has 0 radical (unpaired) electrons. The van der Waals surface area contributed by atoms with E-state index in [1.54, 1.807) is 0 Å². The molecule has 2 N–H and O–H groups in total. The molecule has 1 amide bonds. The van der Waals surface area contributed by atoms with Crippen LogP contribution in [0.4, 0.5) is 0 Å². The van der Waals surface area contributed by atoms with Crippen molar-refractivity contribution in [3.05, 3.63) is 35.9 Å². The van der Waals surface area contributed by atoms with Gasteiger partial charge in [0.15, 0.2) is 0 Å². The molecule has 2 saturated heterocycles. The number of rotatable bonds is 7. The Labute approximate surface area is 179 Å². The molecule has 2 aliphatic heterocycles. The number of hydrogen-bond donors (Lipinski definition) is 2. The quantitative estimate of drug-likeness (QED) is 0.685. The SMILES string of the molecule is Cl.Cl.O=C(CC1CSCCN1)NC(Cc1ccccc1)CN1CCOCC1. The summed E-state index contributed by atoms with van der Waals surface area (Å²) >= 11 is 1.93. The molecule has 2 atom stereocenters. The lowest BCUT2D eigenvalue weighted by Crippen LogP contribution is -2.49. The van der Waals surface area contributed by atoms with E-state index in [1.807, 2.05) is 17.8 Å². The first-order chi connectivity index (χ1) is 12.3. The van der Waals surface area contributed by atoms with Crippen molar-refractivity contribution in [2.24, 2.45) is 0 Å². The number of morpholine rings is 1. The van der Waals surface area contributed by atoms with Crippen LogP contribution >= 0.6 is 36.6 Å². The molecule has 1 aromatic carbocycles. The Bertz CT molecular complexity index is 527. The number of nitrogens with one attached hydrogen (secondary N) is 2. The molecule has 0 saturated carbocycles. The van der Waals surface area contributed by atoms with E-state index in [1.165, 1.54) is 5.56 Å². The maximum absolute atomic E-state index is 12.5. The lowest BCUT2D eigenvalue weighted by molar-refractivity contribution is -0.122. The normalized spacial score (nSPS) is 21.4. The third kappa shape index (κ3) is 9.03. The number of thioether (sulfide) groups is 1. The Morgan fingerprint density at radius 3 is 2.67 bits per heavy atom. The minimum absolute atomic E-state index is 0. The maximum atomic E-state index is 12.5. The van der Waals surface area contributed by atoms with Gasteiger partial charge in [0.05, 0.1) is 13.2 Å². The predicted octanol–water partition coefficient (Wildman–Crippen LogP) is 1.98. The van der Waals surface area contributed by atoms with Crippen LogP contribution in [0.2, 0.25) is 0 Å². The van der Waals surface area contributed by atoms with Crippen molar-refractivity contribution >= 4 is 42.5 Å². The van der Waals surface area contributed by atoms with Gasteiger partial charge in [-0.1, -0.05) is 30.3 Å². The zero-order chi connectivity index (χ0) is 17.3. The number of ether oxygens (including phenoxy) is 1. The lowest BCUT2D eigenvalue weighted by Gasteiger charge is -2.31. The van der Waals surface area contributed by atoms with Crippen LogP contribution in [-0.2, 0) is 16.0 Å². The number of carbonyl (C=O) groups excluding carboxylic acids is 1. The molecular formula is C19H31Cl2N3O2S. The average molecular weight is 436 g/mol. The van der Waals surface area contributed by atoms with Gasteiger partial charge in [0.2, 0.25) is 5.91 Å². The van der Waals surface area contributed by atoms with Crippen LogP contribution < -0.4 is 10.6 Å². The molecule has 0 aromatic heterocycles. The second-order valence-electron chi connectivity index (χ2n) is 6.80. The van der Waals surface area contributed by atoms with Gasteiger partial charge in [-0.05, 0) is 12.0 Å². The molecular weight excluding hydrogens is 405 g/mol. The Hall–Kier alpha value is -0.500. The molecule has 2 aliphatic rings. The van der Waals surface area contributed by atoms with Gasteiger partial charge in [-0.25, -0.2) is 0 Å². The van der Waals surface area contributed by atoms with Crippen molar-refractivity contribution in [2.45, 2.75) is 24.9 Å². The van der Waals surface area contributed by atoms with Crippen molar-refractivity contribution < 1.29 is 9.53 Å². The van der Waals surface area contributed by atoms with Crippen LogP contribution in [0.15, 0.2) is 30.3 Å². The molecule has 27 heavy (non-hydrogen) atoms. The minimum Gasteiger partial charge on any atom is -0.379 e. The summed E-state index contributed by atoms with van der Waals surface area (Å²) in [7, 11) is 0. The highest BCUT2D eigenvalue weighted by molar-refractivity contribution is 7.99. The molecule has 0 bridgehead atoms. The van der Waals surface area contributed by atoms with Crippen LogP contribution in [0.1, 0.15) is 12.0 Å². The molecule has 2 unspecified atom stereocenters. The largest absolute Gasteiger partial charge is 0.379 e. The van der Waals surface area contributed by atoms with E-state index in [4.69, 9.17) is 4.74 Å². The van der Waals surface area contributed by atoms with Gasteiger partial charge in [-0.15, -0.1) is 24.8 Å². The van der Waals surface area contributed by atoms with Gasteiger partial charge < -0.3 is 15.4 Å². The van der Waals surface area contributed by atoms with Crippen LogP contribution in [-0.4, -0.2) is 73.8 Å². The molecule has 1 aromatic rings. The van der Waals surface area contributed by atoms with Crippen LogP contribution in [0.3, 0.4) is 0 Å². The summed E-state index contributed by atoms with van der Waals surface area (Å²) in [6, 6.07) is 10.9. The standard InChI is InChI=1S/C19H29N3O2S.2ClH/c23-19(13-18-15-25-11-6-20-18)21-17(12-16-4-2-1-3-5-16)14-22-7-9-24-10-8-22;;/h1-5,17-18,20H,6-15H2,(H,21,23);2*1H. The van der Waals surface area contributed by atoms with Gasteiger partial charge >= 0.3 is 0 Å². The molecule has 0 spiro atoms. The molecule has 154 valence electrons. The molecule has 2 heterocycles. The molecule has 3 rings (SSSR count). The first-order valence-corrected chi connectivity index (χ1v) is 10.4. The molecule has 8 heteroatoms. The van der Waals surface area contributed by atoms with Crippen molar-refractivity contribution in [3.8, 4) is 0 Å². The Morgan fingerprint density at radius 1 is 1.26 bits per heavy atom. The number of carbonyl (C=O) groups is 1. The van der Waals surface area contributed by atoms with E-state index >= 15 is 0 Å². The smallest absolute Gasteiger partial charge is 0.221 e. The van der Waals surface area contributed by atoms with E-state index in [9.17, 15) is 4.79 Å². The summed E-state index contributed by atoms with van der Waals surface area (Å²) in [5.41, 5.74) is 1.27. The third-order valence-corrected chi connectivity index (χ3v) is 5.83. The van der Waals surface area contributed by atoms with Crippen LogP contribution in [0.25, 0.3) is 0 Å². The fraction of sp³-hybridized carbons (Fsp3) is 0.632. The predicted molar refractivity (Wildman–Crippen MR) is 118 cm³/mol. The minimum atomic E-state index is 0. The van der Waals surface area contributed by atoms with Gasteiger partial charge in [-0.3, -0.25) is 9.69 Å². The highest BCUT2D eigenvalue weighted by atomic mass is 35.5. The van der Waals surface area contributed by atoms with E-state index < -0.39 is 0 Å². The first-order valence-electron chi connectivity index (χ1n) is 9.24. The van der Waals surface area contributed by atoms with E-state index in [0.717, 1.165) is 57.3 Å².